The topological polar surface area (TPSA) is 77.0 Å². The van der Waals surface area contributed by atoms with Crippen molar-refractivity contribution in [1.29, 1.82) is 0 Å². The molecule has 0 aromatic carbocycles. The first-order valence-electron chi connectivity index (χ1n) is 7.78. The van der Waals surface area contributed by atoms with E-state index in [9.17, 15) is 4.79 Å². The fourth-order valence-electron chi connectivity index (χ4n) is 2.54. The maximum Gasteiger partial charge on any atom is 0.240 e. The molecule has 0 saturated heterocycles. The van der Waals surface area contributed by atoms with Crippen LogP contribution in [-0.2, 0) is 10.2 Å². The highest BCUT2D eigenvalue weighted by atomic mass is 16.5. The zero-order valence-electron chi connectivity index (χ0n) is 14.0. The molecule has 0 radical (unpaired) electrons. The van der Waals surface area contributed by atoms with E-state index in [1.165, 1.54) is 0 Å². The minimum atomic E-state index is -1.02. The number of carbonyl (C=O) groups excluding carboxylic acids is 1. The summed E-state index contributed by atoms with van der Waals surface area (Å²) in [5, 5.41) is 2.91. The number of methoxy groups -OCH3 is 1. The van der Waals surface area contributed by atoms with E-state index >= 15 is 0 Å². The molecule has 3 heterocycles. The van der Waals surface area contributed by atoms with Crippen LogP contribution in [0.2, 0.25) is 0 Å². The summed E-state index contributed by atoms with van der Waals surface area (Å²) in [6.07, 6.45) is 6.56. The highest BCUT2D eigenvalue weighted by Crippen LogP contribution is 2.32. The summed E-state index contributed by atoms with van der Waals surface area (Å²) in [5.41, 5.74) is 0.948. The second-order valence-electron chi connectivity index (χ2n) is 5.63. The van der Waals surface area contributed by atoms with Crippen LogP contribution >= 0.6 is 0 Å². The number of nitrogens with one attached hydrogen (secondary N) is 1. The van der Waals surface area contributed by atoms with Crippen molar-refractivity contribution in [2.45, 2.75) is 12.3 Å². The van der Waals surface area contributed by atoms with Gasteiger partial charge in [0.1, 0.15) is 5.41 Å². The Morgan fingerprint density at radius 1 is 1.04 bits per heavy atom. The van der Waals surface area contributed by atoms with Gasteiger partial charge in [0.25, 0.3) is 0 Å². The van der Waals surface area contributed by atoms with Crippen LogP contribution < -0.4 is 10.1 Å². The van der Waals surface area contributed by atoms with Crippen LogP contribution in [-0.4, -0.2) is 28.0 Å². The third kappa shape index (κ3) is 3.33. The van der Waals surface area contributed by atoms with Gasteiger partial charge in [0.15, 0.2) is 0 Å². The maximum atomic E-state index is 13.2. The van der Waals surface area contributed by atoms with Gasteiger partial charge < -0.3 is 10.1 Å². The Bertz CT molecular complexity index is 838. The molecule has 1 unspecified atom stereocenters. The van der Waals surface area contributed by atoms with E-state index in [-0.39, 0.29) is 5.91 Å². The quantitative estimate of drug-likeness (QED) is 0.776. The number of aromatic nitrogens is 3. The van der Waals surface area contributed by atoms with E-state index in [4.69, 9.17) is 4.74 Å². The van der Waals surface area contributed by atoms with Gasteiger partial charge in [-0.3, -0.25) is 14.8 Å². The Hall–Kier alpha value is -3.28. The number of hydrogen-bond donors (Lipinski definition) is 1. The monoisotopic (exact) mass is 334 g/mol. The van der Waals surface area contributed by atoms with Gasteiger partial charge in [0.05, 0.1) is 24.7 Å². The second-order valence-corrected chi connectivity index (χ2v) is 5.63. The number of ether oxygens (including phenoxy) is 1. The molecule has 0 fully saturated rings. The van der Waals surface area contributed by atoms with Crippen molar-refractivity contribution in [1.82, 2.24) is 15.0 Å². The van der Waals surface area contributed by atoms with Gasteiger partial charge in [0.2, 0.25) is 11.8 Å². The molecular formula is C19H18N4O2. The van der Waals surface area contributed by atoms with Crippen molar-refractivity contribution in [2.24, 2.45) is 0 Å². The summed E-state index contributed by atoms with van der Waals surface area (Å²) in [7, 11) is 1.55. The summed E-state index contributed by atoms with van der Waals surface area (Å²) in [4.78, 5) is 25.8. The lowest BCUT2D eigenvalue weighted by Gasteiger charge is -2.28. The number of carbonyl (C=O) groups is 1. The largest absolute Gasteiger partial charge is 0.481 e. The highest BCUT2D eigenvalue weighted by Gasteiger charge is 2.39. The molecule has 0 aliphatic rings. The standard InChI is InChI=1S/C19H18N4O2/c1-19(16-7-3-4-11-21-16,14-8-9-17(25-2)22-12-14)18(24)23-15-6-5-10-20-13-15/h3-13H,1-2H3,(H,23,24). The Kier molecular flexibility index (Phi) is 4.70. The number of anilines is 1. The minimum Gasteiger partial charge on any atom is -0.481 e. The van der Waals surface area contributed by atoms with Crippen molar-refractivity contribution < 1.29 is 9.53 Å². The highest BCUT2D eigenvalue weighted by molar-refractivity contribution is 6.01. The fourth-order valence-corrected chi connectivity index (χ4v) is 2.54. The molecule has 3 aromatic heterocycles. The van der Waals surface area contributed by atoms with E-state index in [1.54, 1.807) is 50.1 Å². The zero-order valence-corrected chi connectivity index (χ0v) is 14.0. The average molecular weight is 334 g/mol. The van der Waals surface area contributed by atoms with E-state index in [0.717, 1.165) is 0 Å². The first-order chi connectivity index (χ1) is 12.1. The lowest BCUT2D eigenvalue weighted by Crippen LogP contribution is -2.39. The summed E-state index contributed by atoms with van der Waals surface area (Å²) >= 11 is 0. The molecule has 6 nitrogen and oxygen atoms in total. The molecule has 0 aliphatic carbocycles. The van der Waals surface area contributed by atoms with Crippen LogP contribution in [0.5, 0.6) is 5.88 Å². The van der Waals surface area contributed by atoms with Crippen molar-refractivity contribution in [3.8, 4) is 5.88 Å². The second kappa shape index (κ2) is 7.09. The van der Waals surface area contributed by atoms with Gasteiger partial charge in [-0.05, 0) is 36.8 Å². The zero-order chi connectivity index (χ0) is 17.7. The normalized spacial score (nSPS) is 12.9. The molecule has 6 heteroatoms. The Morgan fingerprint density at radius 3 is 2.52 bits per heavy atom. The van der Waals surface area contributed by atoms with Gasteiger partial charge in [-0.25, -0.2) is 4.98 Å². The van der Waals surface area contributed by atoms with Crippen molar-refractivity contribution in [3.05, 3.63) is 78.5 Å². The third-order valence-corrected chi connectivity index (χ3v) is 4.07. The molecule has 3 rings (SSSR count). The molecule has 0 aliphatic heterocycles. The maximum absolute atomic E-state index is 13.2. The average Bonchev–Trinajstić information content (AvgIpc) is 2.69. The van der Waals surface area contributed by atoms with E-state index in [0.29, 0.717) is 22.8 Å². The first kappa shape index (κ1) is 16.6. The molecule has 0 saturated carbocycles. The molecule has 1 amide bonds. The Labute approximate surface area is 145 Å². The SMILES string of the molecule is COc1ccc(C(C)(C(=O)Nc2cccnc2)c2ccccn2)cn1. The summed E-state index contributed by atoms with van der Waals surface area (Å²) in [5.74, 6) is 0.269. The lowest BCUT2D eigenvalue weighted by atomic mass is 9.78. The lowest BCUT2D eigenvalue weighted by molar-refractivity contribution is -0.119. The molecular weight excluding hydrogens is 316 g/mol. The van der Waals surface area contributed by atoms with Crippen molar-refractivity contribution in [2.75, 3.05) is 12.4 Å². The minimum absolute atomic E-state index is 0.217. The van der Waals surface area contributed by atoms with E-state index in [2.05, 4.69) is 20.3 Å². The number of rotatable bonds is 5. The van der Waals surface area contributed by atoms with Crippen LogP contribution in [0, 0.1) is 0 Å². The van der Waals surface area contributed by atoms with Crippen LogP contribution in [0.25, 0.3) is 0 Å². The predicted molar refractivity (Wildman–Crippen MR) is 94.3 cm³/mol. The van der Waals surface area contributed by atoms with Crippen LogP contribution in [0.15, 0.2) is 67.3 Å². The number of hydrogen-bond acceptors (Lipinski definition) is 5. The first-order valence-corrected chi connectivity index (χ1v) is 7.78. The van der Waals surface area contributed by atoms with Gasteiger partial charge in [-0.15, -0.1) is 0 Å². The molecule has 0 spiro atoms. The summed E-state index contributed by atoms with van der Waals surface area (Å²) < 4.78 is 5.11. The van der Waals surface area contributed by atoms with Crippen LogP contribution in [0.1, 0.15) is 18.2 Å². The molecule has 3 aromatic rings. The molecule has 25 heavy (non-hydrogen) atoms. The van der Waals surface area contributed by atoms with Gasteiger partial charge in [-0.1, -0.05) is 12.1 Å². The molecule has 0 bridgehead atoms. The molecule has 1 N–H and O–H groups in total. The van der Waals surface area contributed by atoms with Crippen LogP contribution in [0.4, 0.5) is 5.69 Å². The summed E-state index contributed by atoms with van der Waals surface area (Å²) in [6, 6.07) is 12.6. The number of nitrogens with zero attached hydrogens (tertiary/aromatic N) is 3. The molecule has 126 valence electrons. The van der Waals surface area contributed by atoms with Gasteiger partial charge in [-0.2, -0.15) is 0 Å². The van der Waals surface area contributed by atoms with Crippen LogP contribution in [0.3, 0.4) is 0 Å². The Balaban J connectivity index is 2.03. The number of pyridine rings is 3. The van der Waals surface area contributed by atoms with E-state index < -0.39 is 5.41 Å². The van der Waals surface area contributed by atoms with Crippen molar-refractivity contribution >= 4 is 11.6 Å². The fraction of sp³-hybridized carbons (Fsp3) is 0.158. The number of amides is 1. The predicted octanol–water partition coefficient (Wildman–Crippen LogP) is 2.82. The van der Waals surface area contributed by atoms with Gasteiger partial charge in [0, 0.05) is 24.7 Å². The smallest absolute Gasteiger partial charge is 0.240 e. The molecule has 1 atom stereocenters. The Morgan fingerprint density at radius 2 is 1.92 bits per heavy atom. The third-order valence-electron chi connectivity index (χ3n) is 4.07. The van der Waals surface area contributed by atoms with Crippen molar-refractivity contribution in [3.63, 3.8) is 0 Å². The summed E-state index contributed by atoms with van der Waals surface area (Å²) in [6.45, 7) is 1.82. The van der Waals surface area contributed by atoms with Gasteiger partial charge >= 0.3 is 0 Å². The van der Waals surface area contributed by atoms with E-state index in [1.807, 2.05) is 31.2 Å².